The van der Waals surface area contributed by atoms with Crippen molar-refractivity contribution in [1.29, 1.82) is 0 Å². The number of sulfonamides is 1. The lowest BCUT2D eigenvalue weighted by Gasteiger charge is -2.33. The van der Waals surface area contributed by atoms with Crippen LogP contribution in [-0.2, 0) is 14.8 Å². The van der Waals surface area contributed by atoms with Crippen molar-refractivity contribution in [2.45, 2.75) is 18.8 Å². The third kappa shape index (κ3) is 4.67. The Labute approximate surface area is 131 Å². The Morgan fingerprint density at radius 3 is 2.95 bits per heavy atom. The van der Waals surface area contributed by atoms with Crippen LogP contribution in [0.5, 0.6) is 0 Å². The van der Waals surface area contributed by atoms with Gasteiger partial charge in [0.15, 0.2) is 0 Å². The monoisotopic (exact) mass is 326 g/mol. The number of pyridine rings is 1. The summed E-state index contributed by atoms with van der Waals surface area (Å²) in [7, 11) is -1.53. The summed E-state index contributed by atoms with van der Waals surface area (Å²) in [6.07, 6.45) is 4.73. The van der Waals surface area contributed by atoms with Gasteiger partial charge in [0.25, 0.3) is 0 Å². The van der Waals surface area contributed by atoms with Crippen LogP contribution in [0, 0.1) is 0 Å². The zero-order chi connectivity index (χ0) is 16.2. The van der Waals surface area contributed by atoms with Gasteiger partial charge < -0.3 is 10.2 Å². The normalized spacial score (nSPS) is 19.0. The first-order chi connectivity index (χ1) is 10.4. The highest BCUT2D eigenvalue weighted by Crippen LogP contribution is 2.27. The smallest absolute Gasteiger partial charge is 0.237 e. The number of amides is 1. The third-order valence-corrected chi connectivity index (χ3v) is 4.44. The highest BCUT2D eigenvalue weighted by Gasteiger charge is 2.25. The molecule has 1 saturated heterocycles. The molecule has 1 aliphatic heterocycles. The number of likely N-dealkylation sites (tertiary alicyclic amines) is 1. The molecule has 1 amide bonds. The fraction of sp³-hybridized carbons (Fsp3) is 0.571. The van der Waals surface area contributed by atoms with Crippen LogP contribution in [0.15, 0.2) is 18.3 Å². The molecule has 22 heavy (non-hydrogen) atoms. The quantitative estimate of drug-likeness (QED) is 0.816. The van der Waals surface area contributed by atoms with E-state index >= 15 is 0 Å². The molecule has 122 valence electrons. The molecule has 7 nitrogen and oxygen atoms in total. The van der Waals surface area contributed by atoms with Gasteiger partial charge >= 0.3 is 0 Å². The molecule has 0 aromatic carbocycles. The summed E-state index contributed by atoms with van der Waals surface area (Å²) in [4.78, 5) is 18.0. The van der Waals surface area contributed by atoms with Gasteiger partial charge in [-0.25, -0.2) is 18.1 Å². The van der Waals surface area contributed by atoms with Crippen LogP contribution in [0.1, 0.15) is 24.3 Å². The van der Waals surface area contributed by atoms with Crippen LogP contribution in [0.2, 0.25) is 0 Å². The second-order valence-corrected chi connectivity index (χ2v) is 7.33. The first-order valence-corrected chi connectivity index (χ1v) is 9.14. The molecule has 1 aromatic heterocycles. The summed E-state index contributed by atoms with van der Waals surface area (Å²) >= 11 is 0. The van der Waals surface area contributed by atoms with Gasteiger partial charge in [-0.05, 0) is 30.5 Å². The Hall–Kier alpha value is -1.67. The van der Waals surface area contributed by atoms with Gasteiger partial charge in [0.1, 0.15) is 5.82 Å². The maximum absolute atomic E-state index is 12.1. The second kappa shape index (κ2) is 7.06. The molecule has 0 saturated carbocycles. The number of carbonyl (C=O) groups excluding carboxylic acids is 1. The molecular formula is C14H22N4O3S. The Morgan fingerprint density at radius 1 is 1.50 bits per heavy atom. The van der Waals surface area contributed by atoms with Gasteiger partial charge in [0.05, 0.1) is 12.8 Å². The topological polar surface area (TPSA) is 91.4 Å². The molecule has 1 aliphatic rings. The Balaban J connectivity index is 2.00. The minimum atomic E-state index is -3.35. The number of nitrogens with zero attached hydrogens (tertiary/aromatic N) is 2. The lowest BCUT2D eigenvalue weighted by atomic mass is 9.91. The number of rotatable bonds is 5. The highest BCUT2D eigenvalue weighted by atomic mass is 32.2. The molecule has 1 fully saturated rings. The van der Waals surface area contributed by atoms with Crippen molar-refractivity contribution in [2.75, 3.05) is 38.3 Å². The number of piperidine rings is 1. The maximum Gasteiger partial charge on any atom is 0.237 e. The molecule has 0 radical (unpaired) electrons. The van der Waals surface area contributed by atoms with Gasteiger partial charge in [-0.15, -0.1) is 0 Å². The molecule has 0 aliphatic carbocycles. The van der Waals surface area contributed by atoms with Gasteiger partial charge in [-0.2, -0.15) is 0 Å². The lowest BCUT2D eigenvalue weighted by Crippen LogP contribution is -2.44. The van der Waals surface area contributed by atoms with Crippen molar-refractivity contribution >= 4 is 21.7 Å². The predicted molar refractivity (Wildman–Crippen MR) is 85.2 cm³/mol. The highest BCUT2D eigenvalue weighted by molar-refractivity contribution is 7.88. The first kappa shape index (κ1) is 16.7. The molecule has 8 heteroatoms. The number of anilines is 1. The molecule has 0 spiro atoms. The summed E-state index contributed by atoms with van der Waals surface area (Å²) in [6.45, 7) is 1.10. The predicted octanol–water partition coefficient (Wildman–Crippen LogP) is 0.379. The standard InChI is InChI=1S/C14H22N4O3S/c1-15-13-8-11(5-6-16-13)12-4-3-7-18(10-12)14(19)9-17-22(2,20)21/h5-6,8,12,17H,3-4,7,9-10H2,1-2H3,(H,15,16)/t12-/m1/s1. The summed E-state index contributed by atoms with van der Waals surface area (Å²) in [6, 6.07) is 3.96. The zero-order valence-corrected chi connectivity index (χ0v) is 13.7. The van der Waals surface area contributed by atoms with Crippen molar-refractivity contribution < 1.29 is 13.2 Å². The van der Waals surface area contributed by atoms with Crippen molar-refractivity contribution in [1.82, 2.24) is 14.6 Å². The molecule has 1 atom stereocenters. The van der Waals surface area contributed by atoms with E-state index in [4.69, 9.17) is 0 Å². The van der Waals surface area contributed by atoms with Gasteiger partial charge in [0, 0.05) is 32.3 Å². The average molecular weight is 326 g/mol. The van der Waals surface area contributed by atoms with E-state index in [9.17, 15) is 13.2 Å². The van der Waals surface area contributed by atoms with E-state index in [1.165, 1.54) is 0 Å². The van der Waals surface area contributed by atoms with Crippen molar-refractivity contribution in [3.63, 3.8) is 0 Å². The number of nitrogens with one attached hydrogen (secondary N) is 2. The first-order valence-electron chi connectivity index (χ1n) is 7.25. The van der Waals surface area contributed by atoms with Crippen LogP contribution in [-0.4, -0.2) is 57.1 Å². The average Bonchev–Trinajstić information content (AvgIpc) is 2.52. The Morgan fingerprint density at radius 2 is 2.27 bits per heavy atom. The van der Waals surface area contributed by atoms with Gasteiger partial charge in [-0.3, -0.25) is 4.79 Å². The van der Waals surface area contributed by atoms with Crippen LogP contribution in [0.25, 0.3) is 0 Å². The van der Waals surface area contributed by atoms with E-state index in [0.717, 1.165) is 30.5 Å². The third-order valence-electron chi connectivity index (χ3n) is 3.77. The minimum absolute atomic E-state index is 0.177. The molecular weight excluding hydrogens is 304 g/mol. The van der Waals surface area contributed by atoms with Crippen LogP contribution in [0.4, 0.5) is 5.82 Å². The summed E-state index contributed by atoms with van der Waals surface area (Å²) < 4.78 is 24.4. The van der Waals surface area contributed by atoms with Crippen molar-refractivity contribution in [3.05, 3.63) is 23.9 Å². The largest absolute Gasteiger partial charge is 0.373 e. The number of carbonyl (C=O) groups is 1. The maximum atomic E-state index is 12.1. The fourth-order valence-corrected chi connectivity index (χ4v) is 3.00. The minimum Gasteiger partial charge on any atom is -0.373 e. The fourth-order valence-electron chi connectivity index (χ4n) is 2.62. The Bertz CT molecular complexity index is 633. The summed E-state index contributed by atoms with van der Waals surface area (Å²) in [5.41, 5.74) is 1.15. The Kier molecular flexibility index (Phi) is 5.36. The van der Waals surface area contributed by atoms with Crippen LogP contribution in [0.3, 0.4) is 0 Å². The lowest BCUT2D eigenvalue weighted by molar-refractivity contribution is -0.131. The number of aromatic nitrogens is 1. The number of hydrogen-bond donors (Lipinski definition) is 2. The van der Waals surface area contributed by atoms with E-state index in [0.29, 0.717) is 13.1 Å². The SMILES string of the molecule is CNc1cc([C@@H]2CCCN(C(=O)CNS(C)(=O)=O)C2)ccn1. The van der Waals surface area contributed by atoms with E-state index in [1.807, 2.05) is 19.2 Å². The van der Waals surface area contributed by atoms with Crippen LogP contribution < -0.4 is 10.0 Å². The molecule has 0 bridgehead atoms. The van der Waals surface area contributed by atoms with Crippen LogP contribution >= 0.6 is 0 Å². The molecule has 2 N–H and O–H groups in total. The molecule has 1 aromatic rings. The van der Waals surface area contributed by atoms with Gasteiger partial charge in [-0.1, -0.05) is 0 Å². The van der Waals surface area contributed by atoms with E-state index in [1.54, 1.807) is 11.1 Å². The molecule has 0 unspecified atom stereocenters. The number of hydrogen-bond acceptors (Lipinski definition) is 5. The molecule has 2 rings (SSSR count). The van der Waals surface area contributed by atoms with E-state index in [-0.39, 0.29) is 18.4 Å². The van der Waals surface area contributed by atoms with Crippen molar-refractivity contribution in [2.24, 2.45) is 0 Å². The van der Waals surface area contributed by atoms with Gasteiger partial charge in [0.2, 0.25) is 15.9 Å². The summed E-state index contributed by atoms with van der Waals surface area (Å²) in [5, 5.41) is 3.01. The van der Waals surface area contributed by atoms with E-state index < -0.39 is 10.0 Å². The van der Waals surface area contributed by atoms with Crippen molar-refractivity contribution in [3.8, 4) is 0 Å². The second-order valence-electron chi connectivity index (χ2n) is 5.50. The zero-order valence-electron chi connectivity index (χ0n) is 12.9. The van der Waals surface area contributed by atoms with E-state index in [2.05, 4.69) is 15.0 Å². The summed E-state index contributed by atoms with van der Waals surface area (Å²) in [5.74, 6) is 0.878. The molecule has 2 heterocycles.